The minimum absolute atomic E-state index is 0.0712. The first-order chi connectivity index (χ1) is 9.88. The minimum atomic E-state index is -0.138. The van der Waals surface area contributed by atoms with Gasteiger partial charge in [-0.15, -0.1) is 11.3 Å². The molecular weight excluding hydrogens is 282 g/mol. The van der Waals surface area contributed by atoms with Gasteiger partial charge in [-0.2, -0.15) is 0 Å². The summed E-state index contributed by atoms with van der Waals surface area (Å²) in [6.45, 7) is 6.58. The normalized spacial score (nSPS) is 12.2. The number of nitrogens with zero attached hydrogens (tertiary/aromatic N) is 2. The van der Waals surface area contributed by atoms with Crippen molar-refractivity contribution in [2.45, 2.75) is 33.4 Å². The second-order valence-corrected chi connectivity index (χ2v) is 6.34. The van der Waals surface area contributed by atoms with Gasteiger partial charge in [-0.25, -0.2) is 4.98 Å². The molecule has 21 heavy (non-hydrogen) atoms. The lowest BCUT2D eigenvalue weighted by Crippen LogP contribution is -2.27. The fraction of sp³-hybridized carbons (Fsp3) is 0.375. The summed E-state index contributed by atoms with van der Waals surface area (Å²) in [6.07, 6.45) is 0. The molecule has 0 aliphatic heterocycles. The molecule has 0 bridgehead atoms. The van der Waals surface area contributed by atoms with Crippen LogP contribution in [-0.4, -0.2) is 22.8 Å². The first kappa shape index (κ1) is 15.7. The summed E-state index contributed by atoms with van der Waals surface area (Å²) in [5, 5.41) is 2.57. The van der Waals surface area contributed by atoms with Crippen molar-refractivity contribution in [3.05, 3.63) is 51.0 Å². The van der Waals surface area contributed by atoms with E-state index in [1.807, 2.05) is 6.92 Å². The largest absolute Gasteiger partial charge is 0.336 e. The Kier molecular flexibility index (Phi) is 4.75. The molecule has 0 aliphatic rings. The molecule has 0 fully saturated rings. The molecule has 1 heterocycles. The van der Waals surface area contributed by atoms with E-state index in [4.69, 9.17) is 5.73 Å². The molecule has 5 heteroatoms. The number of carbonyl (C=O) groups is 1. The Bertz CT molecular complexity index is 649. The average molecular weight is 303 g/mol. The van der Waals surface area contributed by atoms with Crippen molar-refractivity contribution in [2.75, 3.05) is 7.05 Å². The van der Waals surface area contributed by atoms with Gasteiger partial charge in [-0.1, -0.05) is 23.8 Å². The fourth-order valence-electron chi connectivity index (χ4n) is 2.14. The standard InChI is InChI=1S/C16H21N3OS/c1-10-5-6-13(11(2)7-10)8-19(4)16(20)14-9-21-15(18-14)12(3)17/h5-7,9,12H,8,17H2,1-4H3. The zero-order valence-corrected chi connectivity index (χ0v) is 13.7. The summed E-state index contributed by atoms with van der Waals surface area (Å²) in [6, 6.07) is 6.13. The molecule has 0 saturated carbocycles. The van der Waals surface area contributed by atoms with Crippen molar-refractivity contribution in [1.82, 2.24) is 9.88 Å². The van der Waals surface area contributed by atoms with Crippen molar-refractivity contribution < 1.29 is 4.79 Å². The monoisotopic (exact) mass is 303 g/mol. The highest BCUT2D eigenvalue weighted by atomic mass is 32.1. The Labute approximate surface area is 129 Å². The quantitative estimate of drug-likeness (QED) is 0.944. The van der Waals surface area contributed by atoms with E-state index < -0.39 is 0 Å². The van der Waals surface area contributed by atoms with Crippen LogP contribution in [0.25, 0.3) is 0 Å². The number of nitrogens with two attached hydrogens (primary N) is 1. The lowest BCUT2D eigenvalue weighted by Gasteiger charge is -2.17. The third-order valence-corrected chi connectivity index (χ3v) is 4.43. The molecule has 0 radical (unpaired) electrons. The van der Waals surface area contributed by atoms with Crippen LogP contribution in [0.4, 0.5) is 0 Å². The highest BCUT2D eigenvalue weighted by Gasteiger charge is 2.17. The predicted octanol–water partition coefficient (Wildman–Crippen LogP) is 3.05. The van der Waals surface area contributed by atoms with Crippen molar-refractivity contribution in [1.29, 1.82) is 0 Å². The van der Waals surface area contributed by atoms with Gasteiger partial charge < -0.3 is 10.6 Å². The first-order valence-corrected chi connectivity index (χ1v) is 7.79. The predicted molar refractivity (Wildman–Crippen MR) is 86.4 cm³/mol. The Morgan fingerprint density at radius 1 is 1.43 bits per heavy atom. The fourth-order valence-corrected chi connectivity index (χ4v) is 2.89. The van der Waals surface area contributed by atoms with Crippen molar-refractivity contribution in [3.63, 3.8) is 0 Å². The SMILES string of the molecule is Cc1ccc(CN(C)C(=O)c2csc(C(C)N)n2)c(C)c1. The van der Waals surface area contributed by atoms with Crippen LogP contribution < -0.4 is 5.73 Å². The van der Waals surface area contributed by atoms with Gasteiger partial charge in [0.1, 0.15) is 10.7 Å². The minimum Gasteiger partial charge on any atom is -0.336 e. The topological polar surface area (TPSA) is 59.2 Å². The highest BCUT2D eigenvalue weighted by Crippen LogP contribution is 2.18. The molecular formula is C16H21N3OS. The molecule has 1 atom stereocenters. The van der Waals surface area contributed by atoms with Crippen LogP contribution >= 0.6 is 11.3 Å². The zero-order valence-electron chi connectivity index (χ0n) is 12.9. The smallest absolute Gasteiger partial charge is 0.273 e. The number of benzene rings is 1. The number of hydrogen-bond donors (Lipinski definition) is 1. The second-order valence-electron chi connectivity index (χ2n) is 5.45. The van der Waals surface area contributed by atoms with Crippen LogP contribution in [0.15, 0.2) is 23.6 Å². The van der Waals surface area contributed by atoms with E-state index in [1.165, 1.54) is 22.5 Å². The summed E-state index contributed by atoms with van der Waals surface area (Å²) >= 11 is 1.43. The van der Waals surface area contributed by atoms with Gasteiger partial charge >= 0.3 is 0 Å². The van der Waals surface area contributed by atoms with Crippen LogP contribution in [-0.2, 0) is 6.54 Å². The Hall–Kier alpha value is -1.72. The Morgan fingerprint density at radius 2 is 2.14 bits per heavy atom. The molecule has 1 aromatic carbocycles. The van der Waals surface area contributed by atoms with E-state index in [0.717, 1.165) is 10.6 Å². The van der Waals surface area contributed by atoms with Crippen LogP contribution in [0.3, 0.4) is 0 Å². The first-order valence-electron chi connectivity index (χ1n) is 6.91. The van der Waals surface area contributed by atoms with Gasteiger partial charge in [0.25, 0.3) is 5.91 Å². The van der Waals surface area contributed by atoms with Gasteiger partial charge in [0, 0.05) is 19.0 Å². The maximum absolute atomic E-state index is 12.4. The third kappa shape index (κ3) is 3.68. The van der Waals surface area contributed by atoms with Gasteiger partial charge in [0.05, 0.1) is 6.04 Å². The molecule has 112 valence electrons. The number of aryl methyl sites for hydroxylation is 2. The van der Waals surface area contributed by atoms with Gasteiger partial charge in [-0.3, -0.25) is 4.79 Å². The van der Waals surface area contributed by atoms with E-state index in [2.05, 4.69) is 37.0 Å². The molecule has 0 spiro atoms. The lowest BCUT2D eigenvalue weighted by atomic mass is 10.1. The van der Waals surface area contributed by atoms with Crippen LogP contribution in [0, 0.1) is 13.8 Å². The number of amides is 1. The number of thiazole rings is 1. The third-order valence-electron chi connectivity index (χ3n) is 3.38. The van der Waals surface area contributed by atoms with Crippen molar-refractivity contribution in [3.8, 4) is 0 Å². The van der Waals surface area contributed by atoms with Gasteiger partial charge in [0.2, 0.25) is 0 Å². The van der Waals surface area contributed by atoms with Gasteiger partial charge in [-0.05, 0) is 31.9 Å². The Morgan fingerprint density at radius 3 is 2.71 bits per heavy atom. The number of carbonyl (C=O) groups excluding carboxylic acids is 1. The summed E-state index contributed by atoms with van der Waals surface area (Å²) < 4.78 is 0. The van der Waals surface area contributed by atoms with Crippen molar-refractivity contribution in [2.24, 2.45) is 5.73 Å². The van der Waals surface area contributed by atoms with Crippen molar-refractivity contribution >= 4 is 17.2 Å². The molecule has 1 amide bonds. The lowest BCUT2D eigenvalue weighted by molar-refractivity contribution is 0.0779. The molecule has 1 aromatic heterocycles. The van der Waals surface area contributed by atoms with Crippen LogP contribution in [0.1, 0.15) is 45.2 Å². The Balaban J connectivity index is 2.11. The molecule has 0 saturated heterocycles. The summed E-state index contributed by atoms with van der Waals surface area (Å²) in [7, 11) is 1.80. The molecule has 0 aliphatic carbocycles. The van der Waals surface area contributed by atoms with Crippen LogP contribution in [0.5, 0.6) is 0 Å². The molecule has 1 unspecified atom stereocenters. The number of hydrogen-bond acceptors (Lipinski definition) is 4. The van der Waals surface area contributed by atoms with E-state index in [9.17, 15) is 4.79 Å². The van der Waals surface area contributed by atoms with E-state index >= 15 is 0 Å². The second kappa shape index (κ2) is 6.37. The maximum Gasteiger partial charge on any atom is 0.273 e. The van der Waals surface area contributed by atoms with E-state index in [-0.39, 0.29) is 11.9 Å². The zero-order chi connectivity index (χ0) is 15.6. The summed E-state index contributed by atoms with van der Waals surface area (Å²) in [5.74, 6) is -0.0712. The van der Waals surface area contributed by atoms with Gasteiger partial charge in [0.15, 0.2) is 0 Å². The average Bonchev–Trinajstić information content (AvgIpc) is 2.90. The number of rotatable bonds is 4. The van der Waals surface area contributed by atoms with Crippen LogP contribution in [0.2, 0.25) is 0 Å². The molecule has 2 aromatic rings. The number of aromatic nitrogens is 1. The molecule has 4 nitrogen and oxygen atoms in total. The molecule has 2 N–H and O–H groups in total. The summed E-state index contributed by atoms with van der Waals surface area (Å²) in [5.41, 5.74) is 9.83. The highest BCUT2D eigenvalue weighted by molar-refractivity contribution is 7.09. The molecule has 2 rings (SSSR count). The summed E-state index contributed by atoms with van der Waals surface area (Å²) in [4.78, 5) is 18.4. The maximum atomic E-state index is 12.4. The van der Waals surface area contributed by atoms with E-state index in [1.54, 1.807) is 17.3 Å². The van der Waals surface area contributed by atoms with E-state index in [0.29, 0.717) is 12.2 Å².